The molecule has 1 aromatic heterocycles. The predicted octanol–water partition coefficient (Wildman–Crippen LogP) is 4.09. The number of nitrogens with zero attached hydrogens (tertiary/aromatic N) is 2. The van der Waals surface area contributed by atoms with Gasteiger partial charge in [-0.05, 0) is 23.3 Å². The lowest BCUT2D eigenvalue weighted by molar-refractivity contribution is -0.185. The maximum absolute atomic E-state index is 13.0. The molecule has 0 radical (unpaired) electrons. The molecular formula is C23H16N2O3S. The lowest BCUT2D eigenvalue weighted by Crippen LogP contribution is -2.29. The number of carbonyl (C=O) groups is 1. The zero-order valence-corrected chi connectivity index (χ0v) is 16.1. The van der Waals surface area contributed by atoms with Crippen LogP contribution in [0.2, 0.25) is 0 Å². The number of fused-ring (bicyclic) bond motifs is 1. The molecule has 0 aliphatic carbocycles. The molecule has 0 spiro atoms. The molecule has 1 aliphatic heterocycles. The van der Waals surface area contributed by atoms with Crippen molar-refractivity contribution in [3.05, 3.63) is 101 Å². The molecular weight excluding hydrogens is 384 g/mol. The first-order chi connectivity index (χ1) is 14.1. The summed E-state index contributed by atoms with van der Waals surface area (Å²) in [4.78, 5) is 13.0. The van der Waals surface area contributed by atoms with E-state index in [2.05, 4.69) is 8.75 Å². The molecule has 1 N–H and O–H groups in total. The van der Waals surface area contributed by atoms with E-state index >= 15 is 0 Å². The molecule has 142 valence electrons. The molecule has 0 fully saturated rings. The highest BCUT2D eigenvalue weighted by molar-refractivity contribution is 7.00. The van der Waals surface area contributed by atoms with E-state index in [-0.39, 0.29) is 0 Å². The summed E-state index contributed by atoms with van der Waals surface area (Å²) >= 11 is 1.12. The van der Waals surface area contributed by atoms with Crippen LogP contribution in [0.15, 0.2) is 84.4 Å². The molecule has 0 bridgehead atoms. The van der Waals surface area contributed by atoms with Crippen LogP contribution in [0.4, 0.5) is 0 Å². The van der Waals surface area contributed by atoms with Crippen LogP contribution in [-0.2, 0) is 21.7 Å². The minimum absolute atomic E-state index is 0.370. The first-order valence-electron chi connectivity index (χ1n) is 9.16. The van der Waals surface area contributed by atoms with E-state index in [0.29, 0.717) is 34.2 Å². The quantitative estimate of drug-likeness (QED) is 0.523. The molecule has 1 aliphatic rings. The van der Waals surface area contributed by atoms with Crippen LogP contribution >= 0.6 is 11.7 Å². The number of cyclic esters (lactones) is 1. The van der Waals surface area contributed by atoms with Crippen LogP contribution in [0, 0.1) is 0 Å². The summed E-state index contributed by atoms with van der Waals surface area (Å²) in [6.45, 7) is 0. The standard InChI is InChI=1S/C23H16N2O3S/c26-22-21(16-11-12-19-20(14-16)25-29-24-19)18(13-15-7-3-1-4-8-15)23(27,28-22)17-9-5-2-6-10-17/h1-12,14,27H,13H2. The highest BCUT2D eigenvalue weighted by Crippen LogP contribution is 2.44. The second-order valence-corrected chi connectivity index (χ2v) is 7.41. The van der Waals surface area contributed by atoms with Crippen molar-refractivity contribution in [1.29, 1.82) is 0 Å². The molecule has 1 unspecified atom stereocenters. The SMILES string of the molecule is O=C1OC(O)(c2ccccc2)C(Cc2ccccc2)=C1c1ccc2nsnc2c1. The smallest absolute Gasteiger partial charge is 0.342 e. The Bertz CT molecular complexity index is 1230. The Kier molecular flexibility index (Phi) is 4.23. The van der Waals surface area contributed by atoms with Gasteiger partial charge in [0.25, 0.3) is 5.79 Å². The van der Waals surface area contributed by atoms with Crippen molar-refractivity contribution in [2.45, 2.75) is 12.2 Å². The Morgan fingerprint density at radius 3 is 2.34 bits per heavy atom. The number of aromatic nitrogens is 2. The fourth-order valence-corrected chi connectivity index (χ4v) is 4.19. The van der Waals surface area contributed by atoms with E-state index in [9.17, 15) is 9.90 Å². The van der Waals surface area contributed by atoms with Crippen molar-refractivity contribution in [1.82, 2.24) is 8.75 Å². The van der Waals surface area contributed by atoms with Crippen molar-refractivity contribution in [3.8, 4) is 0 Å². The highest BCUT2D eigenvalue weighted by Gasteiger charge is 2.48. The Balaban J connectivity index is 1.72. The monoisotopic (exact) mass is 400 g/mol. The van der Waals surface area contributed by atoms with Gasteiger partial charge in [-0.3, -0.25) is 0 Å². The largest absolute Gasteiger partial charge is 0.421 e. The molecule has 4 aromatic rings. The van der Waals surface area contributed by atoms with Crippen LogP contribution in [-0.4, -0.2) is 19.8 Å². The van der Waals surface area contributed by atoms with Gasteiger partial charge in [0.15, 0.2) is 0 Å². The van der Waals surface area contributed by atoms with Gasteiger partial charge < -0.3 is 9.84 Å². The summed E-state index contributed by atoms with van der Waals surface area (Å²) < 4.78 is 14.1. The van der Waals surface area contributed by atoms with Gasteiger partial charge in [-0.15, -0.1) is 0 Å². The van der Waals surface area contributed by atoms with Gasteiger partial charge in [0.2, 0.25) is 0 Å². The third-order valence-corrected chi connectivity index (χ3v) is 5.64. The van der Waals surface area contributed by atoms with Gasteiger partial charge in [0.1, 0.15) is 11.0 Å². The minimum atomic E-state index is -1.82. The Hall–Kier alpha value is -3.35. The molecule has 1 atom stereocenters. The Morgan fingerprint density at radius 1 is 0.897 bits per heavy atom. The van der Waals surface area contributed by atoms with E-state index in [1.807, 2.05) is 66.7 Å². The number of ether oxygens (including phenoxy) is 1. The first-order valence-corrected chi connectivity index (χ1v) is 9.90. The number of rotatable bonds is 4. The van der Waals surface area contributed by atoms with Crippen LogP contribution in [0.1, 0.15) is 16.7 Å². The summed E-state index contributed by atoms with van der Waals surface area (Å²) in [5.41, 5.74) is 4.52. The molecule has 5 rings (SSSR count). The number of benzene rings is 3. The van der Waals surface area contributed by atoms with Crippen LogP contribution < -0.4 is 0 Å². The second kappa shape index (κ2) is 6.92. The molecule has 2 heterocycles. The lowest BCUT2D eigenvalue weighted by atomic mass is 9.88. The van der Waals surface area contributed by atoms with Gasteiger partial charge in [-0.1, -0.05) is 66.7 Å². The first kappa shape index (κ1) is 17.7. The van der Waals surface area contributed by atoms with Crippen molar-refractivity contribution in [2.75, 3.05) is 0 Å². The van der Waals surface area contributed by atoms with Crippen molar-refractivity contribution >= 4 is 34.3 Å². The van der Waals surface area contributed by atoms with E-state index in [1.165, 1.54) is 0 Å². The van der Waals surface area contributed by atoms with Crippen LogP contribution in [0.25, 0.3) is 16.6 Å². The number of carbonyl (C=O) groups excluding carboxylic acids is 1. The van der Waals surface area contributed by atoms with Crippen molar-refractivity contribution in [3.63, 3.8) is 0 Å². The fraction of sp³-hybridized carbons (Fsp3) is 0.0870. The average Bonchev–Trinajstić information content (AvgIpc) is 3.32. The number of esters is 1. The fourth-order valence-electron chi connectivity index (χ4n) is 3.67. The molecule has 0 saturated heterocycles. The van der Waals surface area contributed by atoms with E-state index < -0.39 is 11.8 Å². The van der Waals surface area contributed by atoms with Gasteiger partial charge >= 0.3 is 5.97 Å². The third-order valence-electron chi connectivity index (χ3n) is 5.09. The molecule has 0 saturated carbocycles. The van der Waals surface area contributed by atoms with E-state index in [0.717, 1.165) is 22.8 Å². The van der Waals surface area contributed by atoms with E-state index in [4.69, 9.17) is 4.74 Å². The highest BCUT2D eigenvalue weighted by atomic mass is 32.1. The summed E-state index contributed by atoms with van der Waals surface area (Å²) in [6.07, 6.45) is 0.376. The van der Waals surface area contributed by atoms with Gasteiger partial charge in [0, 0.05) is 17.6 Å². The number of aliphatic hydroxyl groups is 1. The predicted molar refractivity (Wildman–Crippen MR) is 111 cm³/mol. The Morgan fingerprint density at radius 2 is 1.59 bits per heavy atom. The second-order valence-electron chi connectivity index (χ2n) is 6.88. The van der Waals surface area contributed by atoms with Crippen molar-refractivity contribution in [2.24, 2.45) is 0 Å². The number of hydrogen-bond acceptors (Lipinski definition) is 6. The summed E-state index contributed by atoms with van der Waals surface area (Å²) in [5.74, 6) is -2.37. The normalized spacial score (nSPS) is 19.0. The summed E-state index contributed by atoms with van der Waals surface area (Å²) in [6, 6.07) is 24.2. The Labute approximate surface area is 171 Å². The van der Waals surface area contributed by atoms with Crippen LogP contribution in [0.5, 0.6) is 0 Å². The zero-order valence-electron chi connectivity index (χ0n) is 15.3. The minimum Gasteiger partial charge on any atom is -0.421 e. The summed E-state index contributed by atoms with van der Waals surface area (Å²) in [5, 5.41) is 11.5. The zero-order chi connectivity index (χ0) is 19.8. The van der Waals surface area contributed by atoms with Crippen LogP contribution in [0.3, 0.4) is 0 Å². The summed E-state index contributed by atoms with van der Waals surface area (Å²) in [7, 11) is 0. The van der Waals surface area contributed by atoms with Gasteiger partial charge in [-0.2, -0.15) is 8.75 Å². The molecule has 6 heteroatoms. The van der Waals surface area contributed by atoms with Gasteiger partial charge in [-0.25, -0.2) is 4.79 Å². The number of hydrogen-bond donors (Lipinski definition) is 1. The topological polar surface area (TPSA) is 72.3 Å². The van der Waals surface area contributed by atoms with Crippen molar-refractivity contribution < 1.29 is 14.6 Å². The lowest BCUT2D eigenvalue weighted by Gasteiger charge is -2.25. The van der Waals surface area contributed by atoms with E-state index in [1.54, 1.807) is 12.1 Å². The maximum Gasteiger partial charge on any atom is 0.342 e. The molecule has 0 amide bonds. The van der Waals surface area contributed by atoms with Gasteiger partial charge in [0.05, 0.1) is 17.3 Å². The molecule has 5 nitrogen and oxygen atoms in total. The maximum atomic E-state index is 13.0. The average molecular weight is 400 g/mol. The third kappa shape index (κ3) is 3.03. The molecule has 29 heavy (non-hydrogen) atoms. The molecule has 3 aromatic carbocycles.